The van der Waals surface area contributed by atoms with E-state index in [9.17, 15) is 9.59 Å². The SMILES string of the molecule is CCOC(=O)N1CCC(Nc2ccc(C(=O)NCCc3ccccc3)cn2)CC1. The molecule has 0 atom stereocenters. The summed E-state index contributed by atoms with van der Waals surface area (Å²) in [5.74, 6) is 0.614. The molecule has 0 saturated carbocycles. The molecule has 1 aliphatic rings. The number of likely N-dealkylation sites (tertiary alicyclic amines) is 1. The zero-order valence-electron chi connectivity index (χ0n) is 16.8. The molecule has 1 aliphatic heterocycles. The Bertz CT molecular complexity index is 787. The maximum Gasteiger partial charge on any atom is 0.409 e. The number of nitrogens with zero attached hydrogens (tertiary/aromatic N) is 2. The third-order valence-corrected chi connectivity index (χ3v) is 4.94. The van der Waals surface area contributed by atoms with Crippen molar-refractivity contribution in [1.82, 2.24) is 15.2 Å². The molecule has 154 valence electrons. The number of ether oxygens (including phenoxy) is 1. The predicted molar refractivity (Wildman–Crippen MR) is 112 cm³/mol. The lowest BCUT2D eigenvalue weighted by molar-refractivity contribution is 0.0952. The Hall–Kier alpha value is -3.09. The predicted octanol–water partition coefficient (Wildman–Crippen LogP) is 3.09. The Morgan fingerprint density at radius 2 is 1.90 bits per heavy atom. The van der Waals surface area contributed by atoms with Crippen molar-refractivity contribution in [3.8, 4) is 0 Å². The number of nitrogens with one attached hydrogen (secondary N) is 2. The molecule has 2 N–H and O–H groups in total. The summed E-state index contributed by atoms with van der Waals surface area (Å²) in [6, 6.07) is 13.9. The molecule has 3 rings (SSSR count). The summed E-state index contributed by atoms with van der Waals surface area (Å²) in [5, 5.41) is 6.31. The van der Waals surface area contributed by atoms with E-state index in [4.69, 9.17) is 4.74 Å². The van der Waals surface area contributed by atoms with Crippen molar-refractivity contribution in [3.05, 3.63) is 59.8 Å². The molecule has 7 nitrogen and oxygen atoms in total. The van der Waals surface area contributed by atoms with Crippen LogP contribution in [0.5, 0.6) is 0 Å². The highest BCUT2D eigenvalue weighted by Crippen LogP contribution is 2.16. The largest absolute Gasteiger partial charge is 0.450 e. The molecule has 0 spiro atoms. The molecule has 2 heterocycles. The van der Waals surface area contributed by atoms with Crippen molar-refractivity contribution in [1.29, 1.82) is 0 Å². The van der Waals surface area contributed by atoms with Crippen LogP contribution in [0.2, 0.25) is 0 Å². The first-order chi connectivity index (χ1) is 14.2. The van der Waals surface area contributed by atoms with Crippen LogP contribution in [0.4, 0.5) is 10.6 Å². The fourth-order valence-corrected chi connectivity index (χ4v) is 3.31. The summed E-state index contributed by atoms with van der Waals surface area (Å²) in [6.45, 7) is 4.12. The summed E-state index contributed by atoms with van der Waals surface area (Å²) < 4.78 is 5.04. The van der Waals surface area contributed by atoms with Gasteiger partial charge in [-0.3, -0.25) is 4.79 Å². The van der Waals surface area contributed by atoms with Crippen LogP contribution in [0.3, 0.4) is 0 Å². The van der Waals surface area contributed by atoms with Crippen LogP contribution in [0.15, 0.2) is 48.7 Å². The van der Waals surface area contributed by atoms with Crippen molar-refractivity contribution in [2.45, 2.75) is 32.2 Å². The van der Waals surface area contributed by atoms with E-state index in [-0.39, 0.29) is 18.0 Å². The van der Waals surface area contributed by atoms with Crippen LogP contribution < -0.4 is 10.6 Å². The van der Waals surface area contributed by atoms with E-state index in [2.05, 4.69) is 15.6 Å². The van der Waals surface area contributed by atoms with Crippen LogP contribution in [-0.2, 0) is 11.2 Å². The topological polar surface area (TPSA) is 83.6 Å². The van der Waals surface area contributed by atoms with Gasteiger partial charge in [-0.25, -0.2) is 9.78 Å². The van der Waals surface area contributed by atoms with Gasteiger partial charge in [0.25, 0.3) is 5.91 Å². The van der Waals surface area contributed by atoms with E-state index in [1.54, 1.807) is 17.2 Å². The number of carbonyl (C=O) groups is 2. The molecule has 0 bridgehead atoms. The highest BCUT2D eigenvalue weighted by molar-refractivity contribution is 5.94. The first kappa shape index (κ1) is 20.6. The Morgan fingerprint density at radius 1 is 1.14 bits per heavy atom. The number of benzene rings is 1. The average Bonchev–Trinajstić information content (AvgIpc) is 2.75. The van der Waals surface area contributed by atoms with Gasteiger partial charge in [-0.15, -0.1) is 0 Å². The number of hydrogen-bond donors (Lipinski definition) is 2. The zero-order valence-corrected chi connectivity index (χ0v) is 16.8. The molecule has 7 heteroatoms. The molecule has 0 unspecified atom stereocenters. The Balaban J connectivity index is 1.42. The average molecular weight is 396 g/mol. The van der Waals surface area contributed by atoms with Crippen LogP contribution in [0.25, 0.3) is 0 Å². The number of piperidine rings is 1. The molecule has 2 aromatic rings. The highest BCUT2D eigenvalue weighted by Gasteiger charge is 2.23. The second-order valence-electron chi connectivity index (χ2n) is 7.03. The molecular weight excluding hydrogens is 368 g/mol. The molecular formula is C22H28N4O3. The normalized spacial score (nSPS) is 14.3. The van der Waals surface area contributed by atoms with Gasteiger partial charge in [0, 0.05) is 31.9 Å². The van der Waals surface area contributed by atoms with Gasteiger partial charge in [-0.05, 0) is 43.9 Å². The third kappa shape index (κ3) is 6.20. The summed E-state index contributed by atoms with van der Waals surface area (Å²) >= 11 is 0. The highest BCUT2D eigenvalue weighted by atomic mass is 16.6. The Morgan fingerprint density at radius 3 is 2.55 bits per heavy atom. The van der Waals surface area contributed by atoms with Gasteiger partial charge in [0.2, 0.25) is 0 Å². The van der Waals surface area contributed by atoms with E-state index >= 15 is 0 Å². The van der Waals surface area contributed by atoms with Gasteiger partial charge in [0.1, 0.15) is 5.82 Å². The standard InChI is InChI=1S/C22H28N4O3/c1-2-29-22(28)26-14-11-19(12-15-26)25-20-9-8-18(16-24-20)21(27)23-13-10-17-6-4-3-5-7-17/h3-9,16,19H,2,10-15H2,1H3,(H,23,27)(H,24,25). The minimum atomic E-state index is -0.244. The van der Waals surface area contributed by atoms with Crippen LogP contribution in [0, 0.1) is 0 Å². The second-order valence-corrected chi connectivity index (χ2v) is 7.03. The first-order valence-corrected chi connectivity index (χ1v) is 10.1. The minimum Gasteiger partial charge on any atom is -0.450 e. The lowest BCUT2D eigenvalue weighted by Gasteiger charge is -2.31. The quantitative estimate of drug-likeness (QED) is 0.751. The van der Waals surface area contributed by atoms with Crippen molar-refractivity contribution >= 4 is 17.8 Å². The number of amides is 2. The molecule has 0 aliphatic carbocycles. The number of aromatic nitrogens is 1. The summed E-state index contributed by atoms with van der Waals surface area (Å²) in [7, 11) is 0. The number of hydrogen-bond acceptors (Lipinski definition) is 5. The fraction of sp³-hybridized carbons (Fsp3) is 0.409. The number of carbonyl (C=O) groups excluding carboxylic acids is 2. The second kappa shape index (κ2) is 10.5. The smallest absolute Gasteiger partial charge is 0.409 e. The number of pyridine rings is 1. The van der Waals surface area contributed by atoms with Gasteiger partial charge < -0.3 is 20.3 Å². The molecule has 29 heavy (non-hydrogen) atoms. The van der Waals surface area contributed by atoms with Crippen molar-refractivity contribution < 1.29 is 14.3 Å². The van der Waals surface area contributed by atoms with Gasteiger partial charge in [0.15, 0.2) is 0 Å². The van der Waals surface area contributed by atoms with Crippen LogP contribution >= 0.6 is 0 Å². The summed E-state index contributed by atoms with van der Waals surface area (Å²) in [5.41, 5.74) is 1.74. The first-order valence-electron chi connectivity index (χ1n) is 10.1. The maximum absolute atomic E-state index is 12.3. The van der Waals surface area contributed by atoms with Gasteiger partial charge in [-0.1, -0.05) is 30.3 Å². The minimum absolute atomic E-state index is 0.122. The van der Waals surface area contributed by atoms with Crippen molar-refractivity contribution in [2.75, 3.05) is 31.6 Å². The Labute approximate surface area is 171 Å². The number of anilines is 1. The molecule has 1 saturated heterocycles. The lowest BCUT2D eigenvalue weighted by Crippen LogP contribution is -2.42. The van der Waals surface area contributed by atoms with E-state index in [0.717, 1.165) is 25.1 Å². The lowest BCUT2D eigenvalue weighted by atomic mass is 10.1. The monoisotopic (exact) mass is 396 g/mol. The molecule has 0 radical (unpaired) electrons. The zero-order chi connectivity index (χ0) is 20.5. The van der Waals surface area contributed by atoms with Crippen molar-refractivity contribution in [3.63, 3.8) is 0 Å². The van der Waals surface area contributed by atoms with E-state index in [1.807, 2.05) is 43.3 Å². The van der Waals surface area contributed by atoms with Crippen molar-refractivity contribution in [2.24, 2.45) is 0 Å². The summed E-state index contributed by atoms with van der Waals surface area (Å²) in [6.07, 6.45) is 3.81. The Kier molecular flexibility index (Phi) is 7.44. The van der Waals surface area contributed by atoms with Crippen LogP contribution in [-0.4, -0.2) is 54.2 Å². The maximum atomic E-state index is 12.3. The number of rotatable bonds is 7. The van der Waals surface area contributed by atoms with Gasteiger partial charge in [0.05, 0.1) is 12.2 Å². The molecule has 1 fully saturated rings. The van der Waals surface area contributed by atoms with E-state index in [0.29, 0.717) is 31.8 Å². The molecule has 1 aromatic carbocycles. The van der Waals surface area contributed by atoms with Crippen LogP contribution in [0.1, 0.15) is 35.7 Å². The fourth-order valence-electron chi connectivity index (χ4n) is 3.31. The van der Waals surface area contributed by atoms with E-state index in [1.165, 1.54) is 5.56 Å². The molecule has 2 amide bonds. The van der Waals surface area contributed by atoms with Gasteiger partial charge in [-0.2, -0.15) is 0 Å². The van der Waals surface area contributed by atoms with E-state index < -0.39 is 0 Å². The third-order valence-electron chi connectivity index (χ3n) is 4.94. The molecule has 1 aromatic heterocycles. The van der Waals surface area contributed by atoms with Gasteiger partial charge >= 0.3 is 6.09 Å². The summed E-state index contributed by atoms with van der Waals surface area (Å²) in [4.78, 5) is 30.1.